The van der Waals surface area contributed by atoms with E-state index in [-0.39, 0.29) is 0 Å². The highest BCUT2D eigenvalue weighted by Crippen LogP contribution is 1.90. The zero-order valence-corrected chi connectivity index (χ0v) is 4.92. The van der Waals surface area contributed by atoms with Gasteiger partial charge in [0.2, 0.25) is 6.41 Å². The van der Waals surface area contributed by atoms with Crippen molar-refractivity contribution in [2.75, 3.05) is 0 Å². The van der Waals surface area contributed by atoms with Gasteiger partial charge in [-0.15, -0.1) is 0 Å². The van der Waals surface area contributed by atoms with Crippen LogP contribution in [0.2, 0.25) is 0 Å². The lowest BCUT2D eigenvalue weighted by Crippen LogP contribution is -2.09. The fourth-order valence-electron chi connectivity index (χ4n) is 0.629. The number of carbonyl (C=O) groups is 1. The summed E-state index contributed by atoms with van der Waals surface area (Å²) in [6.45, 7) is 0.580. The molecule has 2 N–H and O–H groups in total. The van der Waals surface area contributed by atoms with Gasteiger partial charge in [-0.1, -0.05) is 0 Å². The molecule has 9 heavy (non-hydrogen) atoms. The molecule has 0 aliphatic heterocycles. The first-order valence-electron chi connectivity index (χ1n) is 2.73. The summed E-state index contributed by atoms with van der Waals surface area (Å²) in [5, 5.41) is 2.54. The van der Waals surface area contributed by atoms with E-state index in [9.17, 15) is 4.79 Å². The Labute approximate surface area is 53.1 Å². The standard InChI is InChI=1S/C6H8N2O/c9-5-7-4-6-2-1-3-8-6/h1-3,5,8H,4H2,(H,7,9). The maximum absolute atomic E-state index is 9.78. The van der Waals surface area contributed by atoms with Gasteiger partial charge >= 0.3 is 0 Å². The second kappa shape index (κ2) is 2.91. The number of nitrogens with one attached hydrogen (secondary N) is 2. The summed E-state index contributed by atoms with van der Waals surface area (Å²) in [6.07, 6.45) is 2.50. The van der Waals surface area contributed by atoms with Crippen molar-refractivity contribution in [3.8, 4) is 0 Å². The molecule has 0 aromatic carbocycles. The third-order valence-corrected chi connectivity index (χ3v) is 1.04. The molecule has 1 rings (SSSR count). The van der Waals surface area contributed by atoms with Crippen LogP contribution in [0.5, 0.6) is 0 Å². The van der Waals surface area contributed by atoms with E-state index >= 15 is 0 Å². The highest BCUT2D eigenvalue weighted by molar-refractivity contribution is 5.45. The zero-order valence-electron chi connectivity index (χ0n) is 4.92. The molecule has 3 heteroatoms. The van der Waals surface area contributed by atoms with Gasteiger partial charge in [0, 0.05) is 11.9 Å². The molecule has 0 radical (unpaired) electrons. The van der Waals surface area contributed by atoms with E-state index in [2.05, 4.69) is 10.3 Å². The third-order valence-electron chi connectivity index (χ3n) is 1.04. The van der Waals surface area contributed by atoms with Gasteiger partial charge in [-0.2, -0.15) is 0 Å². The number of rotatable bonds is 3. The van der Waals surface area contributed by atoms with Gasteiger partial charge in [0.25, 0.3) is 0 Å². The van der Waals surface area contributed by atoms with Crippen molar-refractivity contribution in [2.45, 2.75) is 6.54 Å². The van der Waals surface area contributed by atoms with Gasteiger partial charge in [0.05, 0.1) is 6.54 Å². The summed E-state index contributed by atoms with van der Waals surface area (Å²) in [4.78, 5) is 12.7. The SMILES string of the molecule is O=CNCc1ccc[nH]1. The zero-order chi connectivity index (χ0) is 6.53. The Kier molecular flexibility index (Phi) is 1.90. The fourth-order valence-corrected chi connectivity index (χ4v) is 0.629. The van der Waals surface area contributed by atoms with E-state index in [1.807, 2.05) is 18.3 Å². The van der Waals surface area contributed by atoms with Crippen LogP contribution in [-0.4, -0.2) is 11.4 Å². The van der Waals surface area contributed by atoms with E-state index in [0.29, 0.717) is 13.0 Å². The quantitative estimate of drug-likeness (QED) is 0.558. The van der Waals surface area contributed by atoms with Crippen molar-refractivity contribution < 1.29 is 4.79 Å². The largest absolute Gasteiger partial charge is 0.364 e. The predicted octanol–water partition coefficient (Wildman–Crippen LogP) is 0.261. The molecule has 1 aromatic heterocycles. The van der Waals surface area contributed by atoms with Crippen LogP contribution >= 0.6 is 0 Å². The minimum atomic E-state index is 0.580. The van der Waals surface area contributed by atoms with E-state index in [0.717, 1.165) is 5.69 Å². The Morgan fingerprint density at radius 2 is 2.67 bits per heavy atom. The molecule has 1 heterocycles. The van der Waals surface area contributed by atoms with Crippen molar-refractivity contribution in [1.82, 2.24) is 10.3 Å². The van der Waals surface area contributed by atoms with E-state index in [1.165, 1.54) is 0 Å². The average Bonchev–Trinajstić information content (AvgIpc) is 2.34. The molecule has 1 amide bonds. The Balaban J connectivity index is 2.38. The molecule has 1 aromatic rings. The van der Waals surface area contributed by atoms with Crippen molar-refractivity contribution in [3.63, 3.8) is 0 Å². The second-order valence-corrected chi connectivity index (χ2v) is 1.69. The van der Waals surface area contributed by atoms with Gasteiger partial charge < -0.3 is 10.3 Å². The summed E-state index contributed by atoms with van der Waals surface area (Å²) < 4.78 is 0. The van der Waals surface area contributed by atoms with E-state index in [4.69, 9.17) is 0 Å². The van der Waals surface area contributed by atoms with E-state index in [1.54, 1.807) is 0 Å². The Morgan fingerprint density at radius 1 is 1.78 bits per heavy atom. The molecule has 3 nitrogen and oxygen atoms in total. The second-order valence-electron chi connectivity index (χ2n) is 1.69. The summed E-state index contributed by atoms with van der Waals surface area (Å²) in [5.41, 5.74) is 1.02. The number of amides is 1. The molecule has 0 spiro atoms. The average molecular weight is 124 g/mol. The highest BCUT2D eigenvalue weighted by atomic mass is 16.1. The number of aromatic nitrogens is 1. The molecular formula is C6H8N2O. The molecular weight excluding hydrogens is 116 g/mol. The fraction of sp³-hybridized carbons (Fsp3) is 0.167. The lowest BCUT2D eigenvalue weighted by Gasteiger charge is -1.91. The molecule has 0 fully saturated rings. The van der Waals surface area contributed by atoms with Gasteiger partial charge in [-0.05, 0) is 12.1 Å². The van der Waals surface area contributed by atoms with Crippen LogP contribution in [0.3, 0.4) is 0 Å². The molecule has 0 unspecified atom stereocenters. The normalized spacial score (nSPS) is 8.89. The van der Waals surface area contributed by atoms with Crippen LogP contribution in [0.4, 0.5) is 0 Å². The van der Waals surface area contributed by atoms with Gasteiger partial charge in [0.1, 0.15) is 0 Å². The molecule has 0 bridgehead atoms. The minimum absolute atomic E-state index is 0.580. The molecule has 0 saturated carbocycles. The monoisotopic (exact) mass is 124 g/mol. The van der Waals surface area contributed by atoms with Gasteiger partial charge in [0.15, 0.2) is 0 Å². The van der Waals surface area contributed by atoms with Crippen LogP contribution < -0.4 is 5.32 Å². The van der Waals surface area contributed by atoms with Crippen molar-refractivity contribution in [3.05, 3.63) is 24.0 Å². The number of hydrogen-bond acceptors (Lipinski definition) is 1. The maximum Gasteiger partial charge on any atom is 0.207 e. The predicted molar refractivity (Wildman–Crippen MR) is 33.7 cm³/mol. The number of hydrogen-bond donors (Lipinski definition) is 2. The van der Waals surface area contributed by atoms with Crippen LogP contribution in [0.15, 0.2) is 18.3 Å². The summed E-state index contributed by atoms with van der Waals surface area (Å²) in [6, 6.07) is 3.80. The first-order valence-corrected chi connectivity index (χ1v) is 2.73. The number of H-pyrrole nitrogens is 1. The highest BCUT2D eigenvalue weighted by Gasteiger charge is 1.86. The van der Waals surface area contributed by atoms with Gasteiger partial charge in [-0.25, -0.2) is 0 Å². The molecule has 0 aliphatic rings. The maximum atomic E-state index is 9.78. The molecule has 0 saturated heterocycles. The molecule has 0 atom stereocenters. The van der Waals surface area contributed by atoms with E-state index < -0.39 is 0 Å². The smallest absolute Gasteiger partial charge is 0.207 e. The topological polar surface area (TPSA) is 44.9 Å². The first-order chi connectivity index (χ1) is 4.43. The number of aromatic amines is 1. The van der Waals surface area contributed by atoms with Crippen molar-refractivity contribution >= 4 is 6.41 Å². The lowest BCUT2D eigenvalue weighted by molar-refractivity contribution is -0.109. The first kappa shape index (κ1) is 5.88. The van der Waals surface area contributed by atoms with Crippen LogP contribution in [0.1, 0.15) is 5.69 Å². The van der Waals surface area contributed by atoms with Crippen molar-refractivity contribution in [1.29, 1.82) is 0 Å². The summed E-state index contributed by atoms with van der Waals surface area (Å²) in [7, 11) is 0. The summed E-state index contributed by atoms with van der Waals surface area (Å²) in [5.74, 6) is 0. The van der Waals surface area contributed by atoms with Gasteiger partial charge in [-0.3, -0.25) is 4.79 Å². The molecule has 48 valence electrons. The Morgan fingerprint density at radius 3 is 3.22 bits per heavy atom. The minimum Gasteiger partial charge on any atom is -0.364 e. The lowest BCUT2D eigenvalue weighted by atomic mass is 10.4. The van der Waals surface area contributed by atoms with Crippen molar-refractivity contribution in [2.24, 2.45) is 0 Å². The van der Waals surface area contributed by atoms with Crippen LogP contribution in [0.25, 0.3) is 0 Å². The molecule has 0 aliphatic carbocycles. The van der Waals surface area contributed by atoms with Crippen LogP contribution in [0, 0.1) is 0 Å². The number of carbonyl (C=O) groups excluding carboxylic acids is 1. The van der Waals surface area contributed by atoms with Crippen LogP contribution in [-0.2, 0) is 11.3 Å². The Hall–Kier alpha value is -1.25. The Bertz CT molecular complexity index is 169. The third kappa shape index (κ3) is 1.60. The summed E-state index contributed by atoms with van der Waals surface area (Å²) >= 11 is 0.